The van der Waals surface area contributed by atoms with E-state index in [0.717, 1.165) is 5.56 Å². The first-order valence-electron chi connectivity index (χ1n) is 7.69. The molecule has 2 N–H and O–H groups in total. The van der Waals surface area contributed by atoms with Gasteiger partial charge in [0.2, 0.25) is 0 Å². The second-order valence-electron chi connectivity index (χ2n) is 6.15. The maximum atomic E-state index is 13.3. The lowest BCUT2D eigenvalue weighted by molar-refractivity contribution is 0.166. The molecule has 25 heavy (non-hydrogen) atoms. The summed E-state index contributed by atoms with van der Waals surface area (Å²) in [6, 6.07) is 15.5. The highest BCUT2D eigenvalue weighted by molar-refractivity contribution is 7.92. The quantitative estimate of drug-likeness (QED) is 0.760. The minimum Gasteiger partial charge on any atom is -0.393 e. The number of rotatable bonds is 6. The lowest BCUT2D eigenvalue weighted by Gasteiger charge is -2.16. The number of thiocarbonyl (C=S) groups is 1. The van der Waals surface area contributed by atoms with Crippen molar-refractivity contribution in [2.24, 2.45) is 11.1 Å². The average Bonchev–Trinajstić information content (AvgIpc) is 3.27. The van der Waals surface area contributed by atoms with Crippen molar-refractivity contribution in [3.63, 3.8) is 0 Å². The number of ether oxygens (including phenoxy) is 1. The van der Waals surface area contributed by atoms with Gasteiger partial charge in [0.1, 0.15) is 0 Å². The zero-order valence-corrected chi connectivity index (χ0v) is 15.9. The topological polar surface area (TPSA) is 69.4 Å². The first-order valence-corrected chi connectivity index (χ1v) is 10.0. The van der Waals surface area contributed by atoms with Crippen LogP contribution >= 0.6 is 23.8 Å². The molecule has 2 aromatic carbocycles. The lowest BCUT2D eigenvalue weighted by atomic mass is 10.00. The van der Waals surface area contributed by atoms with Crippen LogP contribution in [0.5, 0.6) is 0 Å². The summed E-state index contributed by atoms with van der Waals surface area (Å²) in [4.78, 5) is 0.394. The molecule has 0 heterocycles. The highest BCUT2D eigenvalue weighted by Crippen LogP contribution is 2.64. The molecule has 3 rings (SSSR count). The molecule has 0 bridgehead atoms. The Hall–Kier alpha value is -1.47. The molecule has 4 nitrogen and oxygen atoms in total. The van der Waals surface area contributed by atoms with Gasteiger partial charge in [0, 0.05) is 18.1 Å². The van der Waals surface area contributed by atoms with E-state index in [0.29, 0.717) is 5.02 Å². The monoisotopic (exact) mass is 395 g/mol. The summed E-state index contributed by atoms with van der Waals surface area (Å²) in [7, 11) is -2.13. The molecule has 0 saturated heterocycles. The molecule has 0 radical (unpaired) electrons. The van der Waals surface area contributed by atoms with Gasteiger partial charge >= 0.3 is 0 Å². The van der Waals surface area contributed by atoms with Crippen LogP contribution < -0.4 is 5.73 Å². The number of hydrogen-bond donors (Lipinski definition) is 1. The molecular formula is C18H18ClNO3S2. The maximum Gasteiger partial charge on any atom is 0.182 e. The third-order valence-corrected chi connectivity index (χ3v) is 7.62. The van der Waals surface area contributed by atoms with Gasteiger partial charge in [-0.05, 0) is 29.8 Å². The van der Waals surface area contributed by atoms with Crippen molar-refractivity contribution in [2.45, 2.75) is 16.1 Å². The average molecular weight is 396 g/mol. The number of sulfone groups is 1. The fourth-order valence-corrected chi connectivity index (χ4v) is 6.56. The Morgan fingerprint density at radius 3 is 2.48 bits per heavy atom. The molecule has 3 atom stereocenters. The van der Waals surface area contributed by atoms with Crippen LogP contribution in [0.25, 0.3) is 0 Å². The van der Waals surface area contributed by atoms with E-state index < -0.39 is 26.4 Å². The molecule has 0 aliphatic heterocycles. The second-order valence-corrected chi connectivity index (χ2v) is 9.09. The molecule has 1 aliphatic rings. The minimum absolute atomic E-state index is 0.135. The smallest absolute Gasteiger partial charge is 0.182 e. The zero-order chi connectivity index (χ0) is 18.2. The van der Waals surface area contributed by atoms with Crippen LogP contribution in [0.1, 0.15) is 11.5 Å². The number of nitrogens with two attached hydrogens (primary N) is 1. The highest BCUT2D eigenvalue weighted by atomic mass is 35.5. The summed E-state index contributed by atoms with van der Waals surface area (Å²) >= 11 is 11.4. The Kier molecular flexibility index (Phi) is 4.90. The van der Waals surface area contributed by atoms with Crippen molar-refractivity contribution in [1.29, 1.82) is 0 Å². The lowest BCUT2D eigenvalue weighted by Crippen LogP contribution is -2.33. The van der Waals surface area contributed by atoms with Crippen molar-refractivity contribution >= 4 is 38.6 Å². The molecule has 0 amide bonds. The molecule has 7 heteroatoms. The fraction of sp³-hybridized carbons (Fsp3) is 0.278. The van der Waals surface area contributed by atoms with Crippen molar-refractivity contribution in [2.75, 3.05) is 13.7 Å². The van der Waals surface area contributed by atoms with Gasteiger partial charge in [-0.25, -0.2) is 8.42 Å². The van der Waals surface area contributed by atoms with E-state index in [9.17, 15) is 8.42 Å². The van der Waals surface area contributed by atoms with Crippen LogP contribution in [0.15, 0.2) is 59.5 Å². The Morgan fingerprint density at radius 1 is 1.24 bits per heavy atom. The van der Waals surface area contributed by atoms with E-state index >= 15 is 0 Å². The van der Waals surface area contributed by atoms with Gasteiger partial charge in [-0.1, -0.05) is 54.2 Å². The van der Waals surface area contributed by atoms with Crippen LogP contribution in [-0.2, 0) is 14.6 Å². The summed E-state index contributed by atoms with van der Waals surface area (Å²) in [5.41, 5.74) is 5.86. The van der Waals surface area contributed by atoms with E-state index in [1.165, 1.54) is 7.11 Å². The van der Waals surface area contributed by atoms with E-state index in [2.05, 4.69) is 0 Å². The Labute approximate surface area is 157 Å². The first kappa shape index (κ1) is 18.3. The molecule has 0 aromatic heterocycles. The number of benzene rings is 2. The SMILES string of the molecule is COC[C@@]1(C(N)=S)[C@@H](c2cccc(Cl)c2)[C@@H]1S(=O)(=O)c1ccccc1. The predicted octanol–water partition coefficient (Wildman–Crippen LogP) is 3.20. The van der Waals surface area contributed by atoms with E-state index in [-0.39, 0.29) is 16.5 Å². The van der Waals surface area contributed by atoms with Crippen molar-refractivity contribution in [3.8, 4) is 0 Å². The first-order chi connectivity index (χ1) is 11.9. The summed E-state index contributed by atoms with van der Waals surface area (Å²) in [6.45, 7) is 0.135. The second kappa shape index (κ2) is 6.68. The standard InChI is InChI=1S/C18H18ClNO3S2/c1-23-11-18(17(20)24)15(12-6-5-7-13(19)10-12)16(18)25(21,22)14-8-3-2-4-9-14/h2-10,15-16H,11H2,1H3,(H2,20,24)/t15-,16-,18+/m0/s1. The van der Waals surface area contributed by atoms with Gasteiger partial charge in [-0.2, -0.15) is 0 Å². The van der Waals surface area contributed by atoms with Gasteiger partial charge in [0.05, 0.1) is 27.2 Å². The van der Waals surface area contributed by atoms with Crippen LogP contribution in [0.3, 0.4) is 0 Å². The largest absolute Gasteiger partial charge is 0.393 e. The Balaban J connectivity index is 2.14. The Morgan fingerprint density at radius 2 is 1.92 bits per heavy atom. The number of methoxy groups -OCH3 is 1. The highest BCUT2D eigenvalue weighted by Gasteiger charge is 2.73. The molecule has 1 saturated carbocycles. The summed E-state index contributed by atoms with van der Waals surface area (Å²) < 4.78 is 31.8. The summed E-state index contributed by atoms with van der Waals surface area (Å²) in [6.07, 6.45) is 0. The summed E-state index contributed by atoms with van der Waals surface area (Å²) in [5.74, 6) is -0.395. The van der Waals surface area contributed by atoms with Crippen LogP contribution in [-0.4, -0.2) is 32.4 Å². The molecular weight excluding hydrogens is 378 g/mol. The number of hydrogen-bond acceptors (Lipinski definition) is 4. The van der Waals surface area contributed by atoms with Gasteiger partial charge in [0.15, 0.2) is 9.84 Å². The Bertz CT molecular complexity index is 902. The van der Waals surface area contributed by atoms with Crippen LogP contribution in [0, 0.1) is 5.41 Å². The molecule has 132 valence electrons. The van der Waals surface area contributed by atoms with Crippen LogP contribution in [0.4, 0.5) is 0 Å². The van der Waals surface area contributed by atoms with Gasteiger partial charge in [-0.15, -0.1) is 0 Å². The maximum absolute atomic E-state index is 13.3. The van der Waals surface area contributed by atoms with E-state index in [4.69, 9.17) is 34.3 Å². The molecule has 1 aliphatic carbocycles. The number of halogens is 1. The fourth-order valence-electron chi connectivity index (χ4n) is 3.57. The van der Waals surface area contributed by atoms with Gasteiger partial charge in [0.25, 0.3) is 0 Å². The minimum atomic E-state index is -3.64. The van der Waals surface area contributed by atoms with Gasteiger partial charge < -0.3 is 10.5 Å². The zero-order valence-electron chi connectivity index (χ0n) is 13.6. The molecule has 0 spiro atoms. The van der Waals surface area contributed by atoms with Crippen molar-refractivity contribution in [1.82, 2.24) is 0 Å². The van der Waals surface area contributed by atoms with Gasteiger partial charge in [-0.3, -0.25) is 0 Å². The molecule has 1 fully saturated rings. The van der Waals surface area contributed by atoms with Crippen molar-refractivity contribution in [3.05, 3.63) is 65.2 Å². The van der Waals surface area contributed by atoms with E-state index in [1.807, 2.05) is 6.07 Å². The van der Waals surface area contributed by atoms with Crippen molar-refractivity contribution < 1.29 is 13.2 Å². The molecule has 2 aromatic rings. The third-order valence-electron chi connectivity index (χ3n) is 4.71. The van der Waals surface area contributed by atoms with E-state index in [1.54, 1.807) is 48.5 Å². The third kappa shape index (κ3) is 2.97. The summed E-state index contributed by atoms with van der Waals surface area (Å²) in [5, 5.41) is -0.243. The molecule has 0 unspecified atom stereocenters. The van der Waals surface area contributed by atoms with Crippen LogP contribution in [0.2, 0.25) is 5.02 Å². The normalized spacial score (nSPS) is 25.5. The predicted molar refractivity (Wildman–Crippen MR) is 103 cm³/mol.